The van der Waals surface area contributed by atoms with Gasteiger partial charge in [-0.1, -0.05) is 48.2 Å². The first kappa shape index (κ1) is 18.3. The SMILES string of the molecule is Cc1ccccc1OCc1nnc(SCc2nccn2C)n1-c1ccccc1. The van der Waals surface area contributed by atoms with Crippen LogP contribution in [0.5, 0.6) is 5.75 Å². The Labute approximate surface area is 168 Å². The Morgan fingerprint density at radius 3 is 2.50 bits per heavy atom. The van der Waals surface area contributed by atoms with Gasteiger partial charge in [0.15, 0.2) is 11.0 Å². The average molecular weight is 392 g/mol. The molecule has 7 heteroatoms. The molecule has 0 bridgehead atoms. The minimum atomic E-state index is 0.343. The molecule has 0 saturated heterocycles. The molecule has 2 aromatic heterocycles. The molecule has 0 spiro atoms. The number of benzene rings is 2. The van der Waals surface area contributed by atoms with E-state index >= 15 is 0 Å². The summed E-state index contributed by atoms with van der Waals surface area (Å²) in [6.45, 7) is 2.38. The van der Waals surface area contributed by atoms with E-state index in [-0.39, 0.29) is 0 Å². The summed E-state index contributed by atoms with van der Waals surface area (Å²) in [5, 5.41) is 9.63. The third-order valence-electron chi connectivity index (χ3n) is 4.42. The van der Waals surface area contributed by atoms with Gasteiger partial charge in [-0.3, -0.25) is 4.57 Å². The summed E-state index contributed by atoms with van der Waals surface area (Å²) in [5.41, 5.74) is 2.11. The van der Waals surface area contributed by atoms with Gasteiger partial charge in [0.1, 0.15) is 18.2 Å². The van der Waals surface area contributed by atoms with Gasteiger partial charge in [0.2, 0.25) is 0 Å². The van der Waals surface area contributed by atoms with E-state index in [4.69, 9.17) is 4.74 Å². The van der Waals surface area contributed by atoms with Crippen LogP contribution in [0.25, 0.3) is 5.69 Å². The zero-order valence-corrected chi connectivity index (χ0v) is 16.6. The number of imidazole rings is 1. The molecule has 142 valence electrons. The van der Waals surface area contributed by atoms with E-state index in [1.54, 1.807) is 18.0 Å². The topological polar surface area (TPSA) is 57.8 Å². The third-order valence-corrected chi connectivity index (χ3v) is 5.34. The van der Waals surface area contributed by atoms with Gasteiger partial charge in [-0.2, -0.15) is 0 Å². The van der Waals surface area contributed by atoms with Crippen LogP contribution in [0.1, 0.15) is 17.2 Å². The number of nitrogens with zero attached hydrogens (tertiary/aromatic N) is 5. The van der Waals surface area contributed by atoms with Crippen molar-refractivity contribution in [1.82, 2.24) is 24.3 Å². The van der Waals surface area contributed by atoms with Crippen molar-refractivity contribution in [3.8, 4) is 11.4 Å². The van der Waals surface area contributed by atoms with Gasteiger partial charge >= 0.3 is 0 Å². The van der Waals surface area contributed by atoms with Crippen LogP contribution in [-0.4, -0.2) is 24.3 Å². The first-order valence-corrected chi connectivity index (χ1v) is 9.98. The minimum absolute atomic E-state index is 0.343. The Hall–Kier alpha value is -3.06. The van der Waals surface area contributed by atoms with Gasteiger partial charge in [0, 0.05) is 25.1 Å². The maximum absolute atomic E-state index is 6.02. The number of thioether (sulfide) groups is 1. The Kier molecular flexibility index (Phi) is 5.43. The summed E-state index contributed by atoms with van der Waals surface area (Å²) in [6, 6.07) is 18.1. The molecule has 0 N–H and O–H groups in total. The number of hydrogen-bond acceptors (Lipinski definition) is 5. The lowest BCUT2D eigenvalue weighted by atomic mass is 10.2. The molecule has 2 aromatic carbocycles. The molecule has 0 amide bonds. The molecular weight excluding hydrogens is 370 g/mol. The molecule has 0 aliphatic rings. The van der Waals surface area contributed by atoms with Crippen LogP contribution in [0, 0.1) is 6.92 Å². The largest absolute Gasteiger partial charge is 0.485 e. The zero-order valence-electron chi connectivity index (χ0n) is 15.8. The lowest BCUT2D eigenvalue weighted by molar-refractivity contribution is 0.291. The summed E-state index contributed by atoms with van der Waals surface area (Å²) >= 11 is 1.61. The number of hydrogen-bond donors (Lipinski definition) is 0. The highest BCUT2D eigenvalue weighted by Gasteiger charge is 2.16. The number of aromatic nitrogens is 5. The molecule has 0 atom stereocenters. The number of aryl methyl sites for hydroxylation is 2. The minimum Gasteiger partial charge on any atom is -0.485 e. The maximum Gasteiger partial charge on any atom is 0.196 e. The fourth-order valence-electron chi connectivity index (χ4n) is 2.85. The van der Waals surface area contributed by atoms with Crippen LogP contribution >= 0.6 is 11.8 Å². The molecule has 4 rings (SSSR count). The number of para-hydroxylation sites is 2. The van der Waals surface area contributed by atoms with Crippen molar-refractivity contribution in [3.05, 3.63) is 84.2 Å². The normalized spacial score (nSPS) is 10.9. The van der Waals surface area contributed by atoms with E-state index in [0.717, 1.165) is 33.8 Å². The molecule has 2 heterocycles. The molecule has 0 fully saturated rings. The Bertz CT molecular complexity index is 1060. The van der Waals surface area contributed by atoms with Gasteiger partial charge in [0.25, 0.3) is 0 Å². The van der Waals surface area contributed by atoms with E-state index in [0.29, 0.717) is 12.4 Å². The smallest absolute Gasteiger partial charge is 0.196 e. The highest BCUT2D eigenvalue weighted by atomic mass is 32.2. The summed E-state index contributed by atoms with van der Waals surface area (Å²) in [7, 11) is 1.99. The monoisotopic (exact) mass is 391 g/mol. The van der Waals surface area contributed by atoms with Crippen molar-refractivity contribution >= 4 is 11.8 Å². The molecule has 28 heavy (non-hydrogen) atoms. The van der Waals surface area contributed by atoms with Crippen molar-refractivity contribution in [2.75, 3.05) is 0 Å². The van der Waals surface area contributed by atoms with E-state index < -0.39 is 0 Å². The third kappa shape index (κ3) is 3.94. The fourth-order valence-corrected chi connectivity index (χ4v) is 3.82. The van der Waals surface area contributed by atoms with Crippen molar-refractivity contribution in [1.29, 1.82) is 0 Å². The molecule has 0 aliphatic heterocycles. The highest BCUT2D eigenvalue weighted by molar-refractivity contribution is 7.98. The van der Waals surface area contributed by atoms with E-state index in [9.17, 15) is 0 Å². The maximum atomic E-state index is 6.02. The highest BCUT2D eigenvalue weighted by Crippen LogP contribution is 2.26. The van der Waals surface area contributed by atoms with Crippen molar-refractivity contribution in [2.45, 2.75) is 24.4 Å². The first-order chi connectivity index (χ1) is 13.7. The van der Waals surface area contributed by atoms with E-state index in [1.165, 1.54) is 0 Å². The fraction of sp³-hybridized carbons (Fsp3) is 0.190. The second kappa shape index (κ2) is 8.31. The van der Waals surface area contributed by atoms with Gasteiger partial charge in [-0.25, -0.2) is 4.98 Å². The first-order valence-electron chi connectivity index (χ1n) is 8.99. The van der Waals surface area contributed by atoms with Crippen LogP contribution in [0.2, 0.25) is 0 Å². The number of ether oxygens (including phenoxy) is 1. The Morgan fingerprint density at radius 1 is 0.964 bits per heavy atom. The van der Waals surface area contributed by atoms with Gasteiger partial charge in [0.05, 0.1) is 5.75 Å². The predicted octanol–water partition coefficient (Wildman–Crippen LogP) is 4.18. The molecule has 0 unspecified atom stereocenters. The van der Waals surface area contributed by atoms with E-state index in [1.807, 2.05) is 83.9 Å². The summed E-state index contributed by atoms with van der Waals surface area (Å²) in [5.74, 6) is 3.32. The molecule has 0 saturated carbocycles. The van der Waals surface area contributed by atoms with Crippen molar-refractivity contribution in [2.24, 2.45) is 7.05 Å². The average Bonchev–Trinajstić information content (AvgIpc) is 3.32. The number of rotatable bonds is 7. The zero-order chi connectivity index (χ0) is 19.3. The summed E-state index contributed by atoms with van der Waals surface area (Å²) in [6.07, 6.45) is 3.75. The van der Waals surface area contributed by atoms with Crippen LogP contribution < -0.4 is 4.74 Å². The van der Waals surface area contributed by atoms with Crippen molar-refractivity contribution in [3.63, 3.8) is 0 Å². The van der Waals surface area contributed by atoms with E-state index in [2.05, 4.69) is 15.2 Å². The van der Waals surface area contributed by atoms with Crippen LogP contribution in [0.4, 0.5) is 0 Å². The standard InChI is InChI=1S/C21H21N5OS/c1-16-8-6-7-11-18(16)27-14-19-23-24-21(26(19)17-9-4-3-5-10-17)28-15-20-22-12-13-25(20)2/h3-13H,14-15H2,1-2H3. The molecule has 0 aliphatic carbocycles. The van der Waals surface area contributed by atoms with Crippen molar-refractivity contribution < 1.29 is 4.74 Å². The molecule has 4 aromatic rings. The second-order valence-corrected chi connectivity index (χ2v) is 7.31. The van der Waals surface area contributed by atoms with Gasteiger partial charge < -0.3 is 9.30 Å². The van der Waals surface area contributed by atoms with Crippen LogP contribution in [-0.2, 0) is 19.4 Å². The van der Waals surface area contributed by atoms with Crippen LogP contribution in [0.15, 0.2) is 72.1 Å². The predicted molar refractivity (Wildman–Crippen MR) is 110 cm³/mol. The quantitative estimate of drug-likeness (QED) is 0.442. The van der Waals surface area contributed by atoms with Crippen LogP contribution in [0.3, 0.4) is 0 Å². The lowest BCUT2D eigenvalue weighted by Crippen LogP contribution is -2.07. The lowest BCUT2D eigenvalue weighted by Gasteiger charge is -2.12. The Morgan fingerprint density at radius 2 is 1.75 bits per heavy atom. The summed E-state index contributed by atoms with van der Waals surface area (Å²) < 4.78 is 10.1. The second-order valence-electron chi connectivity index (χ2n) is 6.37. The van der Waals surface area contributed by atoms with Gasteiger partial charge in [-0.15, -0.1) is 10.2 Å². The molecule has 0 radical (unpaired) electrons. The molecular formula is C21H21N5OS. The van der Waals surface area contributed by atoms with Gasteiger partial charge in [-0.05, 0) is 30.7 Å². The summed E-state index contributed by atoms with van der Waals surface area (Å²) in [4.78, 5) is 4.39. The Balaban J connectivity index is 1.60. The molecule has 6 nitrogen and oxygen atoms in total.